The van der Waals surface area contributed by atoms with E-state index in [9.17, 15) is 14.7 Å². The molecule has 4 amide bonds. The van der Waals surface area contributed by atoms with Crippen LogP contribution in [0.15, 0.2) is 109 Å². The van der Waals surface area contributed by atoms with Crippen molar-refractivity contribution < 1.29 is 19.4 Å². The molecule has 242 valence electrons. The van der Waals surface area contributed by atoms with Crippen molar-refractivity contribution in [3.05, 3.63) is 126 Å². The van der Waals surface area contributed by atoms with Crippen LogP contribution in [-0.2, 0) is 6.54 Å². The average Bonchev–Trinajstić information content (AvgIpc) is 3.08. The highest BCUT2D eigenvalue weighted by atomic mass is 16.5. The van der Waals surface area contributed by atoms with Crippen molar-refractivity contribution in [2.75, 3.05) is 43.0 Å². The highest BCUT2D eigenvalue weighted by molar-refractivity contribution is 5.92. The topological polar surface area (TPSA) is 115 Å². The van der Waals surface area contributed by atoms with Gasteiger partial charge in [-0.05, 0) is 79.9 Å². The summed E-state index contributed by atoms with van der Waals surface area (Å²) in [6.45, 7) is 6.58. The van der Waals surface area contributed by atoms with Crippen molar-refractivity contribution in [1.82, 2.24) is 16.0 Å². The van der Waals surface area contributed by atoms with E-state index in [0.29, 0.717) is 38.4 Å². The van der Waals surface area contributed by atoms with E-state index in [2.05, 4.69) is 33.4 Å². The summed E-state index contributed by atoms with van der Waals surface area (Å²) in [5.41, 5.74) is 4.74. The second-order valence-corrected chi connectivity index (χ2v) is 10.9. The summed E-state index contributed by atoms with van der Waals surface area (Å²) in [5, 5.41) is 22.4. The lowest BCUT2D eigenvalue weighted by atomic mass is 9.88. The molecule has 4 rings (SSSR count). The van der Waals surface area contributed by atoms with Crippen LogP contribution in [0.5, 0.6) is 5.75 Å². The van der Waals surface area contributed by atoms with E-state index in [1.165, 1.54) is 0 Å². The molecule has 0 fully saturated rings. The molecule has 0 spiro atoms. The van der Waals surface area contributed by atoms with Gasteiger partial charge < -0.3 is 31.1 Å². The van der Waals surface area contributed by atoms with E-state index in [4.69, 9.17) is 4.74 Å². The zero-order valence-corrected chi connectivity index (χ0v) is 26.6. The van der Waals surface area contributed by atoms with E-state index in [1.807, 2.05) is 111 Å². The molecule has 0 aliphatic carbocycles. The predicted octanol–water partition coefficient (Wildman–Crippen LogP) is 6.12. The first-order chi connectivity index (χ1) is 22.5. The van der Waals surface area contributed by atoms with E-state index in [1.54, 1.807) is 4.90 Å². The summed E-state index contributed by atoms with van der Waals surface area (Å²) in [5.74, 6) is 0.759. The number of aliphatic hydroxyl groups excluding tert-OH is 1. The Kier molecular flexibility index (Phi) is 13.5. The molecule has 0 radical (unpaired) electrons. The van der Waals surface area contributed by atoms with Crippen molar-refractivity contribution in [2.45, 2.75) is 38.8 Å². The molecule has 4 aromatic rings. The highest BCUT2D eigenvalue weighted by Crippen LogP contribution is 2.31. The molecule has 46 heavy (non-hydrogen) atoms. The molecule has 1 unspecified atom stereocenters. The SMILES string of the molecule is CCNC(=O)Nc1ccc(C(CCNC[C@H](O)COc2ccccc2)c2ccc(N(Cc3ccccc3)C(=O)NCC)cc2)cc1. The van der Waals surface area contributed by atoms with Crippen LogP contribution in [0.1, 0.15) is 42.9 Å². The Bertz CT molecular complexity index is 1470. The van der Waals surface area contributed by atoms with Gasteiger partial charge in [-0.3, -0.25) is 4.90 Å². The van der Waals surface area contributed by atoms with Gasteiger partial charge in [0.15, 0.2) is 0 Å². The predicted molar refractivity (Wildman–Crippen MR) is 185 cm³/mol. The molecule has 9 nitrogen and oxygen atoms in total. The third-order valence-corrected chi connectivity index (χ3v) is 7.45. The molecule has 2 atom stereocenters. The zero-order chi connectivity index (χ0) is 32.6. The smallest absolute Gasteiger partial charge is 0.322 e. The summed E-state index contributed by atoms with van der Waals surface area (Å²) in [6.07, 6.45) is 0.112. The van der Waals surface area contributed by atoms with Gasteiger partial charge in [-0.1, -0.05) is 72.8 Å². The van der Waals surface area contributed by atoms with Crippen LogP contribution in [0.3, 0.4) is 0 Å². The third kappa shape index (κ3) is 10.6. The number of hydrogen-bond acceptors (Lipinski definition) is 5. The monoisotopic (exact) mass is 623 g/mol. The molecule has 5 N–H and O–H groups in total. The summed E-state index contributed by atoms with van der Waals surface area (Å²) in [7, 11) is 0. The molecule has 4 aromatic carbocycles. The fourth-order valence-corrected chi connectivity index (χ4v) is 5.12. The summed E-state index contributed by atoms with van der Waals surface area (Å²) >= 11 is 0. The lowest BCUT2D eigenvalue weighted by Crippen LogP contribution is -2.39. The first-order valence-corrected chi connectivity index (χ1v) is 15.9. The normalized spacial score (nSPS) is 12.1. The Morgan fingerprint density at radius 3 is 2.02 bits per heavy atom. The number of ether oxygens (including phenoxy) is 1. The number of benzene rings is 4. The van der Waals surface area contributed by atoms with Crippen molar-refractivity contribution in [2.24, 2.45) is 0 Å². The number of nitrogens with zero attached hydrogens (tertiary/aromatic N) is 1. The number of anilines is 2. The number of aliphatic hydroxyl groups is 1. The van der Waals surface area contributed by atoms with Gasteiger partial charge in [0.05, 0.1) is 6.54 Å². The van der Waals surface area contributed by atoms with Crippen LogP contribution in [0.2, 0.25) is 0 Å². The molecule has 9 heteroatoms. The van der Waals surface area contributed by atoms with Crippen LogP contribution >= 0.6 is 0 Å². The van der Waals surface area contributed by atoms with Crippen molar-refractivity contribution in [1.29, 1.82) is 0 Å². The van der Waals surface area contributed by atoms with Crippen LogP contribution in [-0.4, -0.2) is 56.1 Å². The van der Waals surface area contributed by atoms with Crippen molar-refractivity contribution in [3.8, 4) is 5.75 Å². The number of para-hydroxylation sites is 1. The van der Waals surface area contributed by atoms with Gasteiger partial charge in [-0.25, -0.2) is 9.59 Å². The maximum Gasteiger partial charge on any atom is 0.322 e. The number of carbonyl (C=O) groups excluding carboxylic acids is 2. The van der Waals surface area contributed by atoms with Crippen molar-refractivity contribution >= 4 is 23.4 Å². The minimum atomic E-state index is -0.651. The molecule has 0 aromatic heterocycles. The minimum Gasteiger partial charge on any atom is -0.491 e. The summed E-state index contributed by atoms with van der Waals surface area (Å²) in [4.78, 5) is 26.8. The molecular formula is C37H45N5O4. The van der Waals surface area contributed by atoms with Gasteiger partial charge >= 0.3 is 12.1 Å². The summed E-state index contributed by atoms with van der Waals surface area (Å²) < 4.78 is 5.68. The fraction of sp³-hybridized carbons (Fsp3) is 0.297. The first kappa shape index (κ1) is 34.0. The van der Waals surface area contributed by atoms with E-state index >= 15 is 0 Å². The van der Waals surface area contributed by atoms with E-state index < -0.39 is 6.10 Å². The van der Waals surface area contributed by atoms with Crippen LogP contribution in [0.4, 0.5) is 21.0 Å². The molecule has 0 saturated carbocycles. The van der Waals surface area contributed by atoms with E-state index in [0.717, 1.165) is 34.5 Å². The zero-order valence-electron chi connectivity index (χ0n) is 26.6. The number of hydrogen-bond donors (Lipinski definition) is 5. The standard InChI is InChI=1S/C37H45N5O4/c1-3-39-36(44)41-31-19-15-29(16-20-31)35(23-24-38-25-33(43)27-46-34-13-9-6-10-14-34)30-17-21-32(22-18-30)42(37(45)40-4-2)26-28-11-7-5-8-12-28/h5-22,33,35,38,43H,3-4,23-27H2,1-2H3,(H,40,45)(H2,39,41,44)/t33-,35?/m0/s1. The Morgan fingerprint density at radius 1 is 0.783 bits per heavy atom. The third-order valence-electron chi connectivity index (χ3n) is 7.45. The number of rotatable bonds is 16. The number of urea groups is 2. The van der Waals surface area contributed by atoms with Crippen LogP contribution in [0, 0.1) is 0 Å². The number of nitrogens with one attached hydrogen (secondary N) is 4. The van der Waals surface area contributed by atoms with Crippen LogP contribution in [0.25, 0.3) is 0 Å². The second-order valence-electron chi connectivity index (χ2n) is 10.9. The van der Waals surface area contributed by atoms with Gasteiger partial charge in [0.25, 0.3) is 0 Å². The van der Waals surface area contributed by atoms with Gasteiger partial charge in [0.1, 0.15) is 18.5 Å². The second kappa shape index (κ2) is 18.2. The van der Waals surface area contributed by atoms with Gasteiger partial charge in [0, 0.05) is 36.9 Å². The first-order valence-electron chi connectivity index (χ1n) is 15.9. The maximum atomic E-state index is 13.0. The van der Waals surface area contributed by atoms with Gasteiger partial charge in [0.2, 0.25) is 0 Å². The van der Waals surface area contributed by atoms with Crippen LogP contribution < -0.4 is 30.9 Å². The van der Waals surface area contributed by atoms with Gasteiger partial charge in [-0.2, -0.15) is 0 Å². The average molecular weight is 624 g/mol. The van der Waals surface area contributed by atoms with Gasteiger partial charge in [-0.15, -0.1) is 0 Å². The summed E-state index contributed by atoms with van der Waals surface area (Å²) in [6, 6.07) is 35.0. The van der Waals surface area contributed by atoms with Crippen molar-refractivity contribution in [3.63, 3.8) is 0 Å². The Balaban J connectivity index is 1.47. The molecule has 0 aliphatic rings. The maximum absolute atomic E-state index is 13.0. The lowest BCUT2D eigenvalue weighted by Gasteiger charge is -2.25. The largest absolute Gasteiger partial charge is 0.491 e. The van der Waals surface area contributed by atoms with E-state index in [-0.39, 0.29) is 24.6 Å². The molecule has 0 saturated heterocycles. The quantitative estimate of drug-likeness (QED) is 0.0966. The Morgan fingerprint density at radius 2 is 1.39 bits per heavy atom. The Labute approximate surface area is 272 Å². The number of amides is 4. The molecular weight excluding hydrogens is 578 g/mol. The molecule has 0 bridgehead atoms. The minimum absolute atomic E-state index is 0.0322. The highest BCUT2D eigenvalue weighted by Gasteiger charge is 2.19. The number of carbonyl (C=O) groups is 2. The molecule has 0 heterocycles. The lowest BCUT2D eigenvalue weighted by molar-refractivity contribution is 0.106. The Hall–Kier alpha value is -4.86. The fourth-order valence-electron chi connectivity index (χ4n) is 5.12. The molecule has 0 aliphatic heterocycles.